The number of benzene rings is 1. The highest BCUT2D eigenvalue weighted by Crippen LogP contribution is 2.12. The van der Waals surface area contributed by atoms with Crippen molar-refractivity contribution in [2.75, 3.05) is 5.32 Å². The van der Waals surface area contributed by atoms with Gasteiger partial charge in [0.05, 0.1) is 23.6 Å². The number of carbonyl (C=O) groups excluding carboxylic acids is 1. The number of aryl methyl sites for hydroxylation is 1. The SMILES string of the molecule is Cc1c(NC(=O)[C@@H](N)Cc2ccccc2)cnn1C.Cl. The molecule has 0 unspecified atom stereocenters. The van der Waals surface area contributed by atoms with E-state index in [-0.39, 0.29) is 18.3 Å². The number of nitrogens with zero attached hydrogens (tertiary/aromatic N) is 2. The normalized spacial score (nSPS) is 11.6. The summed E-state index contributed by atoms with van der Waals surface area (Å²) in [6.45, 7) is 1.89. The minimum Gasteiger partial charge on any atom is -0.322 e. The molecule has 1 atom stereocenters. The number of hydrogen-bond donors (Lipinski definition) is 2. The Morgan fingerprint density at radius 1 is 1.40 bits per heavy atom. The van der Waals surface area contributed by atoms with Gasteiger partial charge < -0.3 is 11.1 Å². The van der Waals surface area contributed by atoms with Crippen molar-refractivity contribution in [2.24, 2.45) is 12.8 Å². The number of anilines is 1. The minimum atomic E-state index is -0.568. The van der Waals surface area contributed by atoms with Crippen LogP contribution in [0.15, 0.2) is 36.5 Å². The van der Waals surface area contributed by atoms with E-state index in [1.165, 1.54) is 0 Å². The lowest BCUT2D eigenvalue weighted by molar-refractivity contribution is -0.117. The summed E-state index contributed by atoms with van der Waals surface area (Å²) >= 11 is 0. The molecule has 6 heteroatoms. The van der Waals surface area contributed by atoms with Gasteiger partial charge in [-0.25, -0.2) is 0 Å². The number of hydrogen-bond acceptors (Lipinski definition) is 3. The Morgan fingerprint density at radius 3 is 2.60 bits per heavy atom. The predicted molar refractivity (Wildman–Crippen MR) is 81.9 cm³/mol. The van der Waals surface area contributed by atoms with Gasteiger partial charge in [-0.15, -0.1) is 12.4 Å². The molecule has 0 spiro atoms. The van der Waals surface area contributed by atoms with Gasteiger partial charge in [-0.1, -0.05) is 30.3 Å². The van der Waals surface area contributed by atoms with Crippen molar-refractivity contribution in [3.8, 4) is 0 Å². The standard InChI is InChI=1S/C14H18N4O.ClH/c1-10-13(9-16-18(10)2)17-14(19)12(15)8-11-6-4-3-5-7-11;/h3-7,9,12H,8,15H2,1-2H3,(H,17,19);1H/t12-;/m0./s1. The molecule has 1 aromatic heterocycles. The van der Waals surface area contributed by atoms with E-state index in [4.69, 9.17) is 5.73 Å². The Balaban J connectivity index is 0.00000200. The first kappa shape index (κ1) is 16.2. The van der Waals surface area contributed by atoms with Crippen molar-refractivity contribution < 1.29 is 4.79 Å². The van der Waals surface area contributed by atoms with Crippen LogP contribution in [0.3, 0.4) is 0 Å². The monoisotopic (exact) mass is 294 g/mol. The summed E-state index contributed by atoms with van der Waals surface area (Å²) < 4.78 is 1.71. The van der Waals surface area contributed by atoms with Gasteiger partial charge in [0.1, 0.15) is 0 Å². The van der Waals surface area contributed by atoms with Gasteiger partial charge in [0.15, 0.2) is 0 Å². The molecule has 0 radical (unpaired) electrons. The van der Waals surface area contributed by atoms with Gasteiger partial charge in [0.2, 0.25) is 5.91 Å². The molecule has 0 aliphatic rings. The molecule has 108 valence electrons. The third-order valence-corrected chi connectivity index (χ3v) is 3.13. The molecule has 2 rings (SSSR count). The summed E-state index contributed by atoms with van der Waals surface area (Å²) in [5.74, 6) is -0.194. The average Bonchev–Trinajstić information content (AvgIpc) is 2.72. The van der Waals surface area contributed by atoms with Crippen molar-refractivity contribution in [1.29, 1.82) is 0 Å². The van der Waals surface area contributed by atoms with Crippen molar-refractivity contribution in [2.45, 2.75) is 19.4 Å². The fourth-order valence-corrected chi connectivity index (χ4v) is 1.81. The van der Waals surface area contributed by atoms with E-state index in [1.54, 1.807) is 10.9 Å². The third kappa shape index (κ3) is 3.82. The zero-order valence-corrected chi connectivity index (χ0v) is 12.4. The summed E-state index contributed by atoms with van der Waals surface area (Å²) in [6, 6.07) is 9.16. The summed E-state index contributed by atoms with van der Waals surface area (Å²) in [7, 11) is 1.83. The van der Waals surface area contributed by atoms with E-state index >= 15 is 0 Å². The zero-order valence-electron chi connectivity index (χ0n) is 11.5. The van der Waals surface area contributed by atoms with E-state index in [1.807, 2.05) is 44.3 Å². The molecule has 1 aromatic carbocycles. The first-order valence-electron chi connectivity index (χ1n) is 6.17. The smallest absolute Gasteiger partial charge is 0.241 e. The molecular formula is C14H19ClN4O. The molecule has 1 amide bonds. The number of carbonyl (C=O) groups is 1. The van der Waals surface area contributed by atoms with Crippen molar-refractivity contribution in [1.82, 2.24) is 9.78 Å². The fraction of sp³-hybridized carbons (Fsp3) is 0.286. The summed E-state index contributed by atoms with van der Waals surface area (Å²) in [6.07, 6.45) is 2.15. The number of nitrogens with two attached hydrogens (primary N) is 1. The second-order valence-electron chi connectivity index (χ2n) is 4.55. The molecule has 0 aliphatic carbocycles. The van der Waals surface area contributed by atoms with Crippen LogP contribution < -0.4 is 11.1 Å². The fourth-order valence-electron chi connectivity index (χ4n) is 1.81. The highest BCUT2D eigenvalue weighted by Gasteiger charge is 2.16. The van der Waals surface area contributed by atoms with Crippen molar-refractivity contribution in [3.05, 3.63) is 47.8 Å². The average molecular weight is 295 g/mol. The largest absolute Gasteiger partial charge is 0.322 e. The second kappa shape index (κ2) is 7.07. The highest BCUT2D eigenvalue weighted by molar-refractivity contribution is 5.95. The lowest BCUT2D eigenvalue weighted by Gasteiger charge is -2.12. The maximum absolute atomic E-state index is 12.0. The zero-order chi connectivity index (χ0) is 13.8. The Hall–Kier alpha value is -1.85. The number of rotatable bonds is 4. The van der Waals surface area contributed by atoms with Crippen LogP contribution >= 0.6 is 12.4 Å². The maximum atomic E-state index is 12.0. The van der Waals surface area contributed by atoms with Crippen LogP contribution in [0.2, 0.25) is 0 Å². The molecule has 0 saturated carbocycles. The molecule has 2 aromatic rings. The molecule has 0 bridgehead atoms. The van der Waals surface area contributed by atoms with Gasteiger partial charge >= 0.3 is 0 Å². The lowest BCUT2D eigenvalue weighted by Crippen LogP contribution is -2.37. The molecule has 1 heterocycles. The van der Waals surface area contributed by atoms with Crippen LogP contribution in [0.5, 0.6) is 0 Å². The minimum absolute atomic E-state index is 0. The van der Waals surface area contributed by atoms with Crippen LogP contribution in [-0.2, 0) is 18.3 Å². The second-order valence-corrected chi connectivity index (χ2v) is 4.55. The Labute approximate surface area is 124 Å². The number of aromatic nitrogens is 2. The van der Waals surface area contributed by atoms with E-state index in [9.17, 15) is 4.79 Å². The molecule has 3 N–H and O–H groups in total. The van der Waals surface area contributed by atoms with Gasteiger partial charge in [0.25, 0.3) is 0 Å². The summed E-state index contributed by atoms with van der Waals surface area (Å²) in [5, 5.41) is 6.88. The highest BCUT2D eigenvalue weighted by atomic mass is 35.5. The van der Waals surface area contributed by atoms with Crippen LogP contribution in [0.25, 0.3) is 0 Å². The quantitative estimate of drug-likeness (QED) is 0.901. The van der Waals surface area contributed by atoms with Crippen LogP contribution in [0.4, 0.5) is 5.69 Å². The number of nitrogens with one attached hydrogen (secondary N) is 1. The van der Waals surface area contributed by atoms with Crippen LogP contribution in [0.1, 0.15) is 11.3 Å². The van der Waals surface area contributed by atoms with E-state index in [0.717, 1.165) is 11.3 Å². The van der Waals surface area contributed by atoms with Gasteiger partial charge in [-0.05, 0) is 18.9 Å². The van der Waals surface area contributed by atoms with E-state index in [0.29, 0.717) is 12.1 Å². The summed E-state index contributed by atoms with van der Waals surface area (Å²) in [5.41, 5.74) is 8.57. The number of halogens is 1. The van der Waals surface area contributed by atoms with Gasteiger partial charge in [-0.3, -0.25) is 9.48 Å². The Bertz CT molecular complexity index is 568. The molecule has 5 nitrogen and oxygen atoms in total. The summed E-state index contributed by atoms with van der Waals surface area (Å²) in [4.78, 5) is 12.0. The first-order chi connectivity index (χ1) is 9.08. The van der Waals surface area contributed by atoms with E-state index < -0.39 is 6.04 Å². The Kier molecular flexibility index (Phi) is 5.73. The maximum Gasteiger partial charge on any atom is 0.241 e. The Morgan fingerprint density at radius 2 is 2.05 bits per heavy atom. The van der Waals surface area contributed by atoms with Gasteiger partial charge in [-0.2, -0.15) is 5.10 Å². The lowest BCUT2D eigenvalue weighted by atomic mass is 10.1. The molecule has 0 fully saturated rings. The number of amides is 1. The van der Waals surface area contributed by atoms with Crippen LogP contribution in [-0.4, -0.2) is 21.7 Å². The van der Waals surface area contributed by atoms with E-state index in [2.05, 4.69) is 10.4 Å². The topological polar surface area (TPSA) is 72.9 Å². The first-order valence-corrected chi connectivity index (χ1v) is 6.17. The molecule has 0 aliphatic heterocycles. The van der Waals surface area contributed by atoms with Gasteiger partial charge in [0, 0.05) is 7.05 Å². The third-order valence-electron chi connectivity index (χ3n) is 3.13. The predicted octanol–water partition coefficient (Wildman–Crippen LogP) is 1.66. The van der Waals surface area contributed by atoms with Crippen molar-refractivity contribution in [3.63, 3.8) is 0 Å². The van der Waals surface area contributed by atoms with Crippen LogP contribution in [0, 0.1) is 6.92 Å². The molecule has 20 heavy (non-hydrogen) atoms. The van der Waals surface area contributed by atoms with Crippen molar-refractivity contribution >= 4 is 24.0 Å². The molecule has 0 saturated heterocycles. The molecular weight excluding hydrogens is 276 g/mol.